The smallest absolute Gasteiger partial charge is 0.340 e. The van der Waals surface area contributed by atoms with Gasteiger partial charge in [0.05, 0.1) is 15.5 Å². The van der Waals surface area contributed by atoms with Gasteiger partial charge in [-0.25, -0.2) is 17.9 Å². The fourth-order valence-corrected chi connectivity index (χ4v) is 3.56. The van der Waals surface area contributed by atoms with Crippen LogP contribution in [0.2, 0.25) is 5.02 Å². The summed E-state index contributed by atoms with van der Waals surface area (Å²) >= 11 is 5.97. The number of carbonyl (C=O) groups excluding carboxylic acids is 2. The minimum atomic E-state index is -3.73. The van der Waals surface area contributed by atoms with Gasteiger partial charge in [-0.3, -0.25) is 4.79 Å². The molecule has 25 heavy (non-hydrogen) atoms. The maximum absolute atomic E-state index is 12.3. The summed E-state index contributed by atoms with van der Waals surface area (Å²) in [6.45, 7) is 1.46. The van der Waals surface area contributed by atoms with E-state index in [1.54, 1.807) is 0 Å². The van der Waals surface area contributed by atoms with E-state index in [2.05, 4.69) is 10.0 Å². The third-order valence-corrected chi connectivity index (χ3v) is 5.83. The summed E-state index contributed by atoms with van der Waals surface area (Å²) in [5.41, 5.74) is -0.112. The predicted octanol–water partition coefficient (Wildman–Crippen LogP) is 1.85. The number of ether oxygens (including phenoxy) is 1. The van der Waals surface area contributed by atoms with Crippen LogP contribution in [0.25, 0.3) is 0 Å². The predicted molar refractivity (Wildman–Crippen MR) is 93.0 cm³/mol. The normalized spacial score (nSPS) is 16.4. The van der Waals surface area contributed by atoms with Crippen molar-refractivity contribution in [3.05, 3.63) is 28.8 Å². The molecule has 1 fully saturated rings. The summed E-state index contributed by atoms with van der Waals surface area (Å²) in [6, 6.07) is 3.81. The van der Waals surface area contributed by atoms with E-state index in [1.807, 2.05) is 0 Å². The van der Waals surface area contributed by atoms with Crippen LogP contribution in [0, 0.1) is 0 Å². The fourth-order valence-electron chi connectivity index (χ4n) is 2.61. The summed E-state index contributed by atoms with van der Waals surface area (Å²) in [5.74, 6) is -1.23. The maximum atomic E-state index is 12.3. The van der Waals surface area contributed by atoms with Crippen LogP contribution < -0.4 is 10.0 Å². The number of halogens is 1. The average molecular weight is 389 g/mol. The Balaban J connectivity index is 2.09. The molecular weight excluding hydrogens is 368 g/mol. The Morgan fingerprint density at radius 2 is 1.92 bits per heavy atom. The van der Waals surface area contributed by atoms with Crippen molar-refractivity contribution in [2.75, 3.05) is 7.05 Å². The molecule has 2 N–H and O–H groups in total. The number of rotatable bonds is 6. The van der Waals surface area contributed by atoms with E-state index in [-0.39, 0.29) is 27.4 Å². The van der Waals surface area contributed by atoms with Crippen molar-refractivity contribution >= 4 is 33.5 Å². The summed E-state index contributed by atoms with van der Waals surface area (Å²) in [7, 11) is -2.47. The van der Waals surface area contributed by atoms with Gasteiger partial charge in [0, 0.05) is 6.04 Å². The Bertz CT molecular complexity index is 760. The zero-order valence-corrected chi connectivity index (χ0v) is 15.6. The van der Waals surface area contributed by atoms with Crippen molar-refractivity contribution in [2.45, 2.75) is 49.6 Å². The Morgan fingerprint density at radius 3 is 2.52 bits per heavy atom. The van der Waals surface area contributed by atoms with Crippen LogP contribution in [0.15, 0.2) is 23.1 Å². The lowest BCUT2D eigenvalue weighted by molar-refractivity contribution is -0.129. The van der Waals surface area contributed by atoms with Crippen molar-refractivity contribution in [3.8, 4) is 0 Å². The second kappa shape index (κ2) is 8.16. The zero-order valence-electron chi connectivity index (χ0n) is 14.0. The van der Waals surface area contributed by atoms with E-state index >= 15 is 0 Å². The molecule has 0 radical (unpaired) electrons. The molecular formula is C16H21ClN2O5S. The molecule has 0 unspecified atom stereocenters. The Kier molecular flexibility index (Phi) is 6.42. The topological polar surface area (TPSA) is 102 Å². The largest absolute Gasteiger partial charge is 0.449 e. The molecule has 0 saturated heterocycles. The standard InChI is InChI=1S/C16H21ClN2O5S/c1-10(15(20)19-11-5-3-4-6-11)24-16(21)13-9-12(7-8-14(13)17)25(22,23)18-2/h7-11,18H,3-6H2,1-2H3,(H,19,20)/t10-/m1/s1. The highest BCUT2D eigenvalue weighted by molar-refractivity contribution is 7.89. The number of hydrogen-bond donors (Lipinski definition) is 2. The molecule has 1 aromatic rings. The lowest BCUT2D eigenvalue weighted by atomic mass is 10.2. The first kappa shape index (κ1) is 19.7. The van der Waals surface area contributed by atoms with Crippen LogP contribution in [0.3, 0.4) is 0 Å². The number of hydrogen-bond acceptors (Lipinski definition) is 5. The van der Waals surface area contributed by atoms with Crippen LogP contribution in [0.4, 0.5) is 0 Å². The molecule has 1 atom stereocenters. The maximum Gasteiger partial charge on any atom is 0.340 e. The van der Waals surface area contributed by atoms with Gasteiger partial charge in [-0.05, 0) is 45.0 Å². The molecule has 1 aliphatic rings. The SMILES string of the molecule is CNS(=O)(=O)c1ccc(Cl)c(C(=O)O[C@H](C)C(=O)NC2CCCC2)c1. The number of carbonyl (C=O) groups is 2. The summed E-state index contributed by atoms with van der Waals surface area (Å²) in [6.07, 6.45) is 2.97. The molecule has 0 heterocycles. The van der Waals surface area contributed by atoms with Gasteiger partial charge in [0.2, 0.25) is 10.0 Å². The number of sulfonamides is 1. The Labute approximate surface area is 152 Å². The van der Waals surface area contributed by atoms with E-state index in [0.29, 0.717) is 0 Å². The first-order valence-electron chi connectivity index (χ1n) is 7.99. The summed E-state index contributed by atoms with van der Waals surface area (Å²) in [4.78, 5) is 24.3. The first-order valence-corrected chi connectivity index (χ1v) is 9.85. The van der Waals surface area contributed by atoms with Crippen molar-refractivity contribution in [1.29, 1.82) is 0 Å². The monoisotopic (exact) mass is 388 g/mol. The molecule has 0 spiro atoms. The van der Waals surface area contributed by atoms with Gasteiger partial charge in [-0.2, -0.15) is 0 Å². The van der Waals surface area contributed by atoms with E-state index in [9.17, 15) is 18.0 Å². The lowest BCUT2D eigenvalue weighted by Crippen LogP contribution is -2.40. The first-order chi connectivity index (χ1) is 11.7. The number of amides is 1. The molecule has 1 aliphatic carbocycles. The van der Waals surface area contributed by atoms with Crippen LogP contribution in [-0.2, 0) is 19.6 Å². The van der Waals surface area contributed by atoms with Crippen LogP contribution in [-0.4, -0.2) is 39.5 Å². The molecule has 1 aromatic carbocycles. The van der Waals surface area contributed by atoms with Crippen LogP contribution >= 0.6 is 11.6 Å². The highest BCUT2D eigenvalue weighted by Gasteiger charge is 2.25. The van der Waals surface area contributed by atoms with E-state index in [0.717, 1.165) is 31.7 Å². The minimum Gasteiger partial charge on any atom is -0.449 e. The van der Waals surface area contributed by atoms with Crippen molar-refractivity contribution in [1.82, 2.24) is 10.0 Å². The molecule has 0 bridgehead atoms. The lowest BCUT2D eigenvalue weighted by Gasteiger charge is -2.17. The molecule has 138 valence electrons. The van der Waals surface area contributed by atoms with Gasteiger partial charge in [0.1, 0.15) is 0 Å². The minimum absolute atomic E-state index is 0.0449. The molecule has 2 rings (SSSR count). The Hall–Kier alpha value is -1.64. The second-order valence-electron chi connectivity index (χ2n) is 5.89. The van der Waals surface area contributed by atoms with E-state index in [4.69, 9.17) is 16.3 Å². The second-order valence-corrected chi connectivity index (χ2v) is 8.18. The van der Waals surface area contributed by atoms with Gasteiger partial charge in [0.25, 0.3) is 5.91 Å². The van der Waals surface area contributed by atoms with Crippen molar-refractivity contribution < 1.29 is 22.7 Å². The van der Waals surface area contributed by atoms with Gasteiger partial charge in [-0.15, -0.1) is 0 Å². The van der Waals surface area contributed by atoms with Crippen LogP contribution in [0.1, 0.15) is 43.0 Å². The third-order valence-electron chi connectivity index (χ3n) is 4.09. The van der Waals surface area contributed by atoms with Gasteiger partial charge >= 0.3 is 5.97 Å². The number of benzene rings is 1. The zero-order chi connectivity index (χ0) is 18.6. The van der Waals surface area contributed by atoms with E-state index < -0.39 is 22.1 Å². The number of esters is 1. The molecule has 9 heteroatoms. The highest BCUT2D eigenvalue weighted by Crippen LogP contribution is 2.22. The molecule has 0 aliphatic heterocycles. The quantitative estimate of drug-likeness (QED) is 0.724. The van der Waals surface area contributed by atoms with Gasteiger partial charge in [-0.1, -0.05) is 24.4 Å². The van der Waals surface area contributed by atoms with Crippen molar-refractivity contribution in [3.63, 3.8) is 0 Å². The van der Waals surface area contributed by atoms with Gasteiger partial charge < -0.3 is 10.1 Å². The third kappa shape index (κ3) is 4.93. The molecule has 1 amide bonds. The molecule has 0 aromatic heterocycles. The summed E-state index contributed by atoms with van der Waals surface area (Å²) in [5, 5.41) is 2.88. The Morgan fingerprint density at radius 1 is 1.28 bits per heavy atom. The highest BCUT2D eigenvalue weighted by atomic mass is 35.5. The van der Waals surface area contributed by atoms with Crippen molar-refractivity contribution in [2.24, 2.45) is 0 Å². The van der Waals surface area contributed by atoms with Gasteiger partial charge in [0.15, 0.2) is 6.10 Å². The molecule has 7 nitrogen and oxygen atoms in total. The van der Waals surface area contributed by atoms with Crippen LogP contribution in [0.5, 0.6) is 0 Å². The number of nitrogens with one attached hydrogen (secondary N) is 2. The van der Waals surface area contributed by atoms with E-state index in [1.165, 1.54) is 26.1 Å². The molecule has 1 saturated carbocycles. The summed E-state index contributed by atoms with van der Waals surface area (Å²) < 4.78 is 31.0. The average Bonchev–Trinajstić information content (AvgIpc) is 3.07. The fraction of sp³-hybridized carbons (Fsp3) is 0.500.